The van der Waals surface area contributed by atoms with Crippen LogP contribution in [0.25, 0.3) is 0 Å². The van der Waals surface area contributed by atoms with Gasteiger partial charge in [-0.05, 0) is 0 Å². The molecule has 0 aliphatic carbocycles. The van der Waals surface area contributed by atoms with Gasteiger partial charge in [-0.2, -0.15) is 8.42 Å². The smallest absolute Gasteiger partial charge is 1.00 e. The SMILES string of the molecule is C=CS(=O)(=O)O.[H-].[H-].[K+].[K+]. The topological polar surface area (TPSA) is 54.4 Å². The van der Waals surface area contributed by atoms with Gasteiger partial charge in [0.15, 0.2) is 0 Å². The molecule has 6 heteroatoms. The summed E-state index contributed by atoms with van der Waals surface area (Å²) in [6.07, 6.45) is 0. The molecule has 0 aliphatic rings. The van der Waals surface area contributed by atoms with Gasteiger partial charge in [-0.3, -0.25) is 4.55 Å². The summed E-state index contributed by atoms with van der Waals surface area (Å²) < 4.78 is 26.6. The van der Waals surface area contributed by atoms with Crippen LogP contribution in [0.2, 0.25) is 0 Å². The van der Waals surface area contributed by atoms with Crippen LogP contribution < -0.4 is 103 Å². The van der Waals surface area contributed by atoms with Gasteiger partial charge in [0.25, 0.3) is 10.1 Å². The molecule has 0 spiro atoms. The van der Waals surface area contributed by atoms with Gasteiger partial charge in [0.2, 0.25) is 0 Å². The molecule has 0 atom stereocenters. The summed E-state index contributed by atoms with van der Waals surface area (Å²) in [5.41, 5.74) is 0. The summed E-state index contributed by atoms with van der Waals surface area (Å²) in [4.78, 5) is 0. The Kier molecular flexibility index (Phi) is 17.2. The van der Waals surface area contributed by atoms with E-state index in [0.29, 0.717) is 5.41 Å². The first-order chi connectivity index (χ1) is 2.56. The Labute approximate surface area is 137 Å². The third-order valence-corrected chi connectivity index (χ3v) is 0.632. The normalized spacial score (nSPS) is 8.12. The van der Waals surface area contributed by atoms with Gasteiger partial charge in [0.1, 0.15) is 0 Å². The molecule has 1 N–H and O–H groups in total. The Hall–Kier alpha value is 2.92. The molecule has 0 bridgehead atoms. The Morgan fingerprint density at radius 2 is 1.62 bits per heavy atom. The van der Waals surface area contributed by atoms with Crippen LogP contribution in [0, 0.1) is 0 Å². The fourth-order valence-electron chi connectivity index (χ4n) is 0. The number of hydrogen-bond donors (Lipinski definition) is 1. The van der Waals surface area contributed by atoms with Gasteiger partial charge in [0.05, 0.1) is 5.41 Å². The molecule has 0 saturated carbocycles. The number of rotatable bonds is 1. The van der Waals surface area contributed by atoms with Crippen molar-refractivity contribution < 1.29 is 119 Å². The van der Waals surface area contributed by atoms with Gasteiger partial charge in [-0.1, -0.05) is 6.58 Å². The third kappa shape index (κ3) is 16.0. The van der Waals surface area contributed by atoms with Crippen LogP contribution in [0.1, 0.15) is 2.85 Å². The van der Waals surface area contributed by atoms with Crippen LogP contribution in [0.5, 0.6) is 0 Å². The summed E-state index contributed by atoms with van der Waals surface area (Å²) in [6.45, 7) is 2.79. The Morgan fingerprint density at radius 3 is 1.62 bits per heavy atom. The molecule has 40 valence electrons. The average Bonchev–Trinajstić information content (AvgIpc) is 1.35. The Bertz CT molecular complexity index is 133. The largest absolute Gasteiger partial charge is 1.00 e. The van der Waals surface area contributed by atoms with Crippen molar-refractivity contribution in [1.82, 2.24) is 0 Å². The maximum atomic E-state index is 9.44. The molecule has 0 unspecified atom stereocenters. The Morgan fingerprint density at radius 1 is 1.50 bits per heavy atom. The molecule has 0 rings (SSSR count). The first-order valence-corrected chi connectivity index (χ1v) is 2.66. The third-order valence-electron chi connectivity index (χ3n) is 0.211. The van der Waals surface area contributed by atoms with Gasteiger partial charge < -0.3 is 2.85 Å². The van der Waals surface area contributed by atoms with E-state index in [0.717, 1.165) is 0 Å². The van der Waals surface area contributed by atoms with Gasteiger partial charge in [-0.15, -0.1) is 0 Å². The summed E-state index contributed by atoms with van der Waals surface area (Å²) in [5.74, 6) is 0. The average molecular weight is 188 g/mol. The standard InChI is InChI=1S/C2H4O3S.2K.2H/c1-2-6(3,4)5;;;;/h2H,1H2,(H,3,4,5);;;;/q;2*+1;2*-1. The molecule has 0 amide bonds. The van der Waals surface area contributed by atoms with E-state index in [1.165, 1.54) is 0 Å². The van der Waals surface area contributed by atoms with Crippen LogP contribution in [0.4, 0.5) is 0 Å². The van der Waals surface area contributed by atoms with Crippen molar-refractivity contribution in [3.8, 4) is 0 Å². The van der Waals surface area contributed by atoms with Crippen LogP contribution in [0.3, 0.4) is 0 Å². The molecular weight excluding hydrogens is 182 g/mol. The molecular formula is C2H6K2O3S. The van der Waals surface area contributed by atoms with Crippen molar-refractivity contribution in [3.05, 3.63) is 12.0 Å². The maximum absolute atomic E-state index is 9.44. The molecule has 0 aliphatic heterocycles. The minimum absolute atomic E-state index is 0. The first kappa shape index (κ1) is 17.1. The van der Waals surface area contributed by atoms with Crippen molar-refractivity contribution in [1.29, 1.82) is 0 Å². The first-order valence-electron chi connectivity index (χ1n) is 1.16. The van der Waals surface area contributed by atoms with E-state index in [4.69, 9.17) is 4.55 Å². The molecule has 8 heavy (non-hydrogen) atoms. The minimum Gasteiger partial charge on any atom is -1.00 e. The minimum atomic E-state index is -3.90. The molecule has 0 aromatic rings. The zero-order valence-electron chi connectivity index (χ0n) is 6.96. The second kappa shape index (κ2) is 8.02. The zero-order valence-corrected chi connectivity index (χ0v) is 12.0. The van der Waals surface area contributed by atoms with E-state index < -0.39 is 10.1 Å². The predicted octanol–water partition coefficient (Wildman–Crippen LogP) is -5.75. The Balaban J connectivity index is -0.0000000208. The van der Waals surface area contributed by atoms with Crippen LogP contribution in [-0.2, 0) is 10.1 Å². The second-order valence-corrected chi connectivity index (χ2v) is 2.04. The van der Waals surface area contributed by atoms with Gasteiger partial charge in [-0.25, -0.2) is 0 Å². The molecule has 0 saturated heterocycles. The van der Waals surface area contributed by atoms with Crippen molar-refractivity contribution in [2.45, 2.75) is 0 Å². The number of hydrogen-bond acceptors (Lipinski definition) is 2. The van der Waals surface area contributed by atoms with Gasteiger partial charge >= 0.3 is 103 Å². The fraction of sp³-hybridized carbons (Fsp3) is 0. The quantitative estimate of drug-likeness (QED) is 0.330. The fourth-order valence-corrected chi connectivity index (χ4v) is 0. The van der Waals surface area contributed by atoms with Crippen molar-refractivity contribution in [2.75, 3.05) is 0 Å². The van der Waals surface area contributed by atoms with Crippen LogP contribution in [-0.4, -0.2) is 13.0 Å². The summed E-state index contributed by atoms with van der Waals surface area (Å²) in [5, 5.41) is 0.465. The van der Waals surface area contributed by atoms with E-state index in [2.05, 4.69) is 6.58 Å². The molecule has 0 fully saturated rings. The van der Waals surface area contributed by atoms with Crippen molar-refractivity contribution >= 4 is 10.1 Å². The van der Waals surface area contributed by atoms with E-state index in [9.17, 15) is 8.42 Å². The van der Waals surface area contributed by atoms with Crippen LogP contribution >= 0.6 is 0 Å². The van der Waals surface area contributed by atoms with Crippen molar-refractivity contribution in [3.63, 3.8) is 0 Å². The summed E-state index contributed by atoms with van der Waals surface area (Å²) in [7, 11) is -3.90. The van der Waals surface area contributed by atoms with E-state index >= 15 is 0 Å². The molecule has 0 aromatic heterocycles. The maximum Gasteiger partial charge on any atom is 1.00 e. The zero-order chi connectivity index (χ0) is 5.21. The summed E-state index contributed by atoms with van der Waals surface area (Å²) in [6, 6.07) is 0. The molecule has 0 heterocycles. The van der Waals surface area contributed by atoms with E-state index in [1.807, 2.05) is 0 Å². The van der Waals surface area contributed by atoms with E-state index in [1.54, 1.807) is 0 Å². The monoisotopic (exact) mass is 188 g/mol. The molecule has 0 radical (unpaired) electrons. The summed E-state index contributed by atoms with van der Waals surface area (Å²) >= 11 is 0. The predicted molar refractivity (Wildman–Crippen MR) is 24.0 cm³/mol. The second-order valence-electron chi connectivity index (χ2n) is 0.682. The molecule has 3 nitrogen and oxygen atoms in total. The van der Waals surface area contributed by atoms with Gasteiger partial charge in [0, 0.05) is 0 Å². The van der Waals surface area contributed by atoms with Crippen molar-refractivity contribution in [2.24, 2.45) is 0 Å². The molecule has 0 aromatic carbocycles. The van der Waals surface area contributed by atoms with E-state index in [-0.39, 0.29) is 106 Å². The van der Waals surface area contributed by atoms with Crippen LogP contribution in [0.15, 0.2) is 12.0 Å².